The first-order valence-electron chi connectivity index (χ1n) is 7.31. The number of aliphatic hydroxyl groups excluding tert-OH is 1. The Morgan fingerprint density at radius 2 is 2.26 bits per heavy atom. The summed E-state index contributed by atoms with van der Waals surface area (Å²) in [5.74, 6) is 0.967. The number of hydrogen-bond donors (Lipinski definition) is 2. The molecular weight excluding hydrogens is 242 g/mol. The Balaban J connectivity index is 1.86. The molecule has 0 aliphatic carbocycles. The second-order valence-corrected chi connectivity index (χ2v) is 4.82. The van der Waals surface area contributed by atoms with Crippen LogP contribution in [0, 0.1) is 0 Å². The number of hydrogen-bond acceptors (Lipinski definition) is 4. The summed E-state index contributed by atoms with van der Waals surface area (Å²) in [6, 6.07) is 3.84. The van der Waals surface area contributed by atoms with Gasteiger partial charge < -0.3 is 19.6 Å². The number of ether oxygens (including phenoxy) is 1. The zero-order chi connectivity index (χ0) is 13.8. The van der Waals surface area contributed by atoms with Crippen LogP contribution in [0.5, 0.6) is 0 Å². The van der Waals surface area contributed by atoms with E-state index in [1.807, 2.05) is 12.1 Å². The maximum absolute atomic E-state index is 9.70. The molecule has 0 fully saturated rings. The molecule has 1 rings (SSSR count). The van der Waals surface area contributed by atoms with Gasteiger partial charge in [0.15, 0.2) is 0 Å². The smallest absolute Gasteiger partial charge is 0.105 e. The van der Waals surface area contributed by atoms with Crippen LogP contribution in [0.3, 0.4) is 0 Å². The molecule has 0 saturated carbocycles. The van der Waals surface area contributed by atoms with Gasteiger partial charge in [-0.15, -0.1) is 0 Å². The van der Waals surface area contributed by atoms with Crippen LogP contribution >= 0.6 is 0 Å². The van der Waals surface area contributed by atoms with Gasteiger partial charge in [-0.25, -0.2) is 0 Å². The van der Waals surface area contributed by atoms with Crippen molar-refractivity contribution in [2.24, 2.45) is 0 Å². The van der Waals surface area contributed by atoms with Crippen LogP contribution in [0.4, 0.5) is 0 Å². The molecule has 1 atom stereocenters. The molecule has 0 spiro atoms. The lowest BCUT2D eigenvalue weighted by atomic mass is 10.2. The number of nitrogens with one attached hydrogen (secondary N) is 1. The molecule has 4 heteroatoms. The van der Waals surface area contributed by atoms with Crippen molar-refractivity contribution in [3.63, 3.8) is 0 Å². The summed E-state index contributed by atoms with van der Waals surface area (Å²) in [6.07, 6.45) is 6.90. The van der Waals surface area contributed by atoms with E-state index in [0.717, 1.165) is 31.8 Å². The third-order valence-electron chi connectivity index (χ3n) is 2.96. The van der Waals surface area contributed by atoms with E-state index in [9.17, 15) is 5.11 Å². The number of unbranched alkanes of at least 4 members (excludes halogenated alkanes) is 3. The first-order chi connectivity index (χ1) is 9.33. The third kappa shape index (κ3) is 8.81. The average Bonchev–Trinajstić information content (AvgIpc) is 2.92. The van der Waals surface area contributed by atoms with Crippen molar-refractivity contribution >= 4 is 0 Å². The number of furan rings is 1. The van der Waals surface area contributed by atoms with E-state index in [-0.39, 0.29) is 0 Å². The number of rotatable bonds is 12. The average molecular weight is 269 g/mol. The Kier molecular flexibility index (Phi) is 9.41. The highest BCUT2D eigenvalue weighted by atomic mass is 16.5. The van der Waals surface area contributed by atoms with Crippen LogP contribution in [-0.4, -0.2) is 37.5 Å². The summed E-state index contributed by atoms with van der Waals surface area (Å²) >= 11 is 0. The van der Waals surface area contributed by atoms with Crippen LogP contribution in [0.25, 0.3) is 0 Å². The van der Waals surface area contributed by atoms with Crippen LogP contribution < -0.4 is 5.32 Å². The zero-order valence-corrected chi connectivity index (χ0v) is 11.9. The molecule has 0 aliphatic heterocycles. The summed E-state index contributed by atoms with van der Waals surface area (Å²) in [4.78, 5) is 0. The normalized spacial score (nSPS) is 12.7. The Hall–Kier alpha value is -0.840. The topological polar surface area (TPSA) is 54.6 Å². The Morgan fingerprint density at radius 3 is 3.00 bits per heavy atom. The third-order valence-corrected chi connectivity index (χ3v) is 2.96. The van der Waals surface area contributed by atoms with E-state index in [1.165, 1.54) is 19.3 Å². The van der Waals surface area contributed by atoms with Crippen molar-refractivity contribution in [3.8, 4) is 0 Å². The maximum Gasteiger partial charge on any atom is 0.105 e. The summed E-state index contributed by atoms with van der Waals surface area (Å²) in [5.41, 5.74) is 0. The standard InChI is InChI=1S/C15H27NO3/c1-2-3-4-5-10-18-13-14(17)12-16-9-8-15-7-6-11-19-15/h6-7,11,14,16-17H,2-5,8-10,12-13H2,1H3. The van der Waals surface area contributed by atoms with Crippen LogP contribution in [-0.2, 0) is 11.2 Å². The van der Waals surface area contributed by atoms with Gasteiger partial charge in [-0.3, -0.25) is 0 Å². The second kappa shape index (κ2) is 11.0. The van der Waals surface area contributed by atoms with Gasteiger partial charge in [-0.05, 0) is 18.6 Å². The molecule has 0 amide bonds. The molecule has 0 aromatic carbocycles. The molecule has 1 unspecified atom stereocenters. The quantitative estimate of drug-likeness (QED) is 0.572. The predicted molar refractivity (Wildman–Crippen MR) is 76.2 cm³/mol. The zero-order valence-electron chi connectivity index (χ0n) is 11.9. The molecule has 1 aromatic rings. The summed E-state index contributed by atoms with van der Waals surface area (Å²) in [7, 11) is 0. The van der Waals surface area contributed by atoms with E-state index in [2.05, 4.69) is 12.2 Å². The molecule has 0 aliphatic rings. The molecule has 19 heavy (non-hydrogen) atoms. The van der Waals surface area contributed by atoms with Gasteiger partial charge in [0.2, 0.25) is 0 Å². The fourth-order valence-electron chi connectivity index (χ4n) is 1.84. The SMILES string of the molecule is CCCCCCOCC(O)CNCCc1ccco1. The van der Waals surface area contributed by atoms with Gasteiger partial charge in [0.1, 0.15) is 5.76 Å². The minimum Gasteiger partial charge on any atom is -0.469 e. The molecule has 1 heterocycles. The van der Waals surface area contributed by atoms with Crippen LogP contribution in [0.1, 0.15) is 38.4 Å². The van der Waals surface area contributed by atoms with Gasteiger partial charge in [0.25, 0.3) is 0 Å². The number of aliphatic hydroxyl groups is 1. The van der Waals surface area contributed by atoms with Crippen molar-refractivity contribution in [2.75, 3.05) is 26.3 Å². The lowest BCUT2D eigenvalue weighted by molar-refractivity contribution is 0.0356. The molecule has 0 radical (unpaired) electrons. The van der Waals surface area contributed by atoms with E-state index in [0.29, 0.717) is 13.2 Å². The molecule has 0 saturated heterocycles. The minimum atomic E-state index is -0.428. The summed E-state index contributed by atoms with van der Waals surface area (Å²) in [5, 5.41) is 12.9. The van der Waals surface area contributed by atoms with E-state index < -0.39 is 6.10 Å². The first-order valence-corrected chi connectivity index (χ1v) is 7.31. The van der Waals surface area contributed by atoms with Crippen LogP contribution in [0.15, 0.2) is 22.8 Å². The maximum atomic E-state index is 9.70. The van der Waals surface area contributed by atoms with Crippen molar-refractivity contribution in [2.45, 2.75) is 45.1 Å². The van der Waals surface area contributed by atoms with Crippen molar-refractivity contribution in [1.29, 1.82) is 0 Å². The summed E-state index contributed by atoms with van der Waals surface area (Å²) in [6.45, 7) is 4.74. The molecule has 0 bridgehead atoms. The van der Waals surface area contributed by atoms with E-state index >= 15 is 0 Å². The van der Waals surface area contributed by atoms with Gasteiger partial charge in [0.05, 0.1) is 19.0 Å². The monoisotopic (exact) mass is 269 g/mol. The lowest BCUT2D eigenvalue weighted by Gasteiger charge is -2.12. The predicted octanol–water partition coefficient (Wildman–Crippen LogP) is 2.37. The highest BCUT2D eigenvalue weighted by Gasteiger charge is 2.03. The molecule has 4 nitrogen and oxygen atoms in total. The van der Waals surface area contributed by atoms with Crippen LogP contribution in [0.2, 0.25) is 0 Å². The lowest BCUT2D eigenvalue weighted by Crippen LogP contribution is -2.31. The Morgan fingerprint density at radius 1 is 1.37 bits per heavy atom. The Bertz CT molecular complexity index is 288. The van der Waals surface area contributed by atoms with E-state index in [4.69, 9.17) is 9.15 Å². The molecule has 2 N–H and O–H groups in total. The highest BCUT2D eigenvalue weighted by Crippen LogP contribution is 2.00. The Labute approximate surface area is 116 Å². The van der Waals surface area contributed by atoms with Gasteiger partial charge in [-0.2, -0.15) is 0 Å². The van der Waals surface area contributed by atoms with Gasteiger partial charge in [-0.1, -0.05) is 26.2 Å². The first kappa shape index (κ1) is 16.2. The molecule has 1 aromatic heterocycles. The highest BCUT2D eigenvalue weighted by molar-refractivity contribution is 4.98. The van der Waals surface area contributed by atoms with Crippen molar-refractivity contribution in [1.82, 2.24) is 5.32 Å². The summed E-state index contributed by atoms with van der Waals surface area (Å²) < 4.78 is 10.7. The molecular formula is C15H27NO3. The van der Waals surface area contributed by atoms with Crippen molar-refractivity contribution in [3.05, 3.63) is 24.2 Å². The minimum absolute atomic E-state index is 0.417. The molecule has 110 valence electrons. The van der Waals surface area contributed by atoms with Crippen molar-refractivity contribution < 1.29 is 14.3 Å². The van der Waals surface area contributed by atoms with Gasteiger partial charge in [0, 0.05) is 26.1 Å². The van der Waals surface area contributed by atoms with E-state index in [1.54, 1.807) is 6.26 Å². The second-order valence-electron chi connectivity index (χ2n) is 4.82. The fraction of sp³-hybridized carbons (Fsp3) is 0.733. The van der Waals surface area contributed by atoms with Gasteiger partial charge >= 0.3 is 0 Å². The fourth-order valence-corrected chi connectivity index (χ4v) is 1.84. The largest absolute Gasteiger partial charge is 0.469 e.